The van der Waals surface area contributed by atoms with Gasteiger partial charge < -0.3 is 16.4 Å². The van der Waals surface area contributed by atoms with Crippen LogP contribution in [0.4, 0.5) is 5.69 Å². The van der Waals surface area contributed by atoms with Gasteiger partial charge in [-0.05, 0) is 62.5 Å². The second kappa shape index (κ2) is 6.57. The molecule has 1 unspecified atom stereocenters. The fourth-order valence-corrected chi connectivity index (χ4v) is 2.68. The van der Waals surface area contributed by atoms with Crippen molar-refractivity contribution in [2.75, 3.05) is 19.3 Å². The van der Waals surface area contributed by atoms with Crippen molar-refractivity contribution in [1.29, 1.82) is 0 Å². The third-order valence-electron chi connectivity index (χ3n) is 3.65. The molecule has 4 N–H and O–H groups in total. The molecule has 0 bridgehead atoms. The van der Waals surface area contributed by atoms with Gasteiger partial charge in [-0.15, -0.1) is 0 Å². The molecule has 0 heterocycles. The van der Waals surface area contributed by atoms with Crippen LogP contribution in [0.25, 0.3) is 0 Å². The normalized spacial score (nSPS) is 17.8. The van der Waals surface area contributed by atoms with Gasteiger partial charge >= 0.3 is 0 Å². The van der Waals surface area contributed by atoms with Gasteiger partial charge in [-0.3, -0.25) is 4.79 Å². The zero-order chi connectivity index (χ0) is 13.7. The Balaban J connectivity index is 1.97. The summed E-state index contributed by atoms with van der Waals surface area (Å²) < 4.78 is 0. The standard InChI is InChI=1S/C15H23N3O/c1-17-9-3-6-15(19)18-14-5-2-4-11-10-12(16)7-8-13(11)14/h7-8,10,14,17H,2-6,9,16H2,1H3,(H,18,19). The molecule has 4 heteroatoms. The molecule has 0 aromatic heterocycles. The number of fused-ring (bicyclic) bond motifs is 1. The van der Waals surface area contributed by atoms with Crippen molar-refractivity contribution in [3.05, 3.63) is 29.3 Å². The number of benzene rings is 1. The van der Waals surface area contributed by atoms with Crippen molar-refractivity contribution in [1.82, 2.24) is 10.6 Å². The van der Waals surface area contributed by atoms with Gasteiger partial charge in [-0.25, -0.2) is 0 Å². The van der Waals surface area contributed by atoms with Gasteiger partial charge in [0.15, 0.2) is 0 Å². The molecule has 1 amide bonds. The molecule has 1 aliphatic rings. The molecule has 0 fully saturated rings. The van der Waals surface area contributed by atoms with Crippen LogP contribution in [0.1, 0.15) is 42.9 Å². The molecule has 0 spiro atoms. The summed E-state index contributed by atoms with van der Waals surface area (Å²) in [6, 6.07) is 6.17. The minimum Gasteiger partial charge on any atom is -0.399 e. The van der Waals surface area contributed by atoms with Crippen molar-refractivity contribution >= 4 is 11.6 Å². The van der Waals surface area contributed by atoms with E-state index >= 15 is 0 Å². The van der Waals surface area contributed by atoms with Crippen molar-refractivity contribution < 1.29 is 4.79 Å². The molecule has 2 rings (SSSR count). The van der Waals surface area contributed by atoms with E-state index in [4.69, 9.17) is 5.73 Å². The smallest absolute Gasteiger partial charge is 0.220 e. The van der Waals surface area contributed by atoms with Gasteiger partial charge in [0.1, 0.15) is 0 Å². The maximum atomic E-state index is 11.9. The summed E-state index contributed by atoms with van der Waals surface area (Å²) in [5.74, 6) is 0.143. The lowest BCUT2D eigenvalue weighted by Gasteiger charge is -2.26. The number of nitrogens with one attached hydrogen (secondary N) is 2. The lowest BCUT2D eigenvalue weighted by molar-refractivity contribution is -0.122. The maximum absolute atomic E-state index is 11.9. The molecule has 0 aliphatic heterocycles. The van der Waals surface area contributed by atoms with Gasteiger partial charge in [0, 0.05) is 12.1 Å². The summed E-state index contributed by atoms with van der Waals surface area (Å²) in [7, 11) is 1.90. The lowest BCUT2D eigenvalue weighted by Crippen LogP contribution is -2.31. The number of nitrogens with two attached hydrogens (primary N) is 1. The first kappa shape index (κ1) is 13.9. The number of anilines is 1. The van der Waals surface area contributed by atoms with Crippen molar-refractivity contribution in [2.45, 2.75) is 38.1 Å². The van der Waals surface area contributed by atoms with Crippen LogP contribution in [0.15, 0.2) is 18.2 Å². The Kier molecular flexibility index (Phi) is 4.80. The molecule has 4 nitrogen and oxygen atoms in total. The minimum atomic E-state index is 0.143. The van der Waals surface area contributed by atoms with E-state index in [1.54, 1.807) is 0 Å². The first-order valence-corrected chi connectivity index (χ1v) is 7.03. The predicted octanol–water partition coefficient (Wildman–Crippen LogP) is 1.76. The highest BCUT2D eigenvalue weighted by Crippen LogP contribution is 2.30. The Bertz CT molecular complexity index is 445. The van der Waals surface area contributed by atoms with Crippen molar-refractivity contribution in [2.24, 2.45) is 0 Å². The summed E-state index contributed by atoms with van der Waals surface area (Å²) in [6.07, 6.45) is 4.66. The van der Waals surface area contributed by atoms with E-state index in [9.17, 15) is 4.79 Å². The first-order valence-electron chi connectivity index (χ1n) is 7.03. The molecule has 1 aliphatic carbocycles. The molecule has 1 atom stereocenters. The number of nitrogen functional groups attached to an aromatic ring is 1. The summed E-state index contributed by atoms with van der Waals surface area (Å²) in [6.45, 7) is 0.880. The molecule has 1 aromatic carbocycles. The maximum Gasteiger partial charge on any atom is 0.220 e. The molecule has 104 valence electrons. The van der Waals surface area contributed by atoms with E-state index in [1.165, 1.54) is 11.1 Å². The predicted molar refractivity (Wildman–Crippen MR) is 77.8 cm³/mol. The zero-order valence-corrected chi connectivity index (χ0v) is 11.5. The monoisotopic (exact) mass is 261 g/mol. The van der Waals surface area contributed by atoms with E-state index in [2.05, 4.69) is 16.7 Å². The third-order valence-corrected chi connectivity index (χ3v) is 3.65. The molecular weight excluding hydrogens is 238 g/mol. The van der Waals surface area contributed by atoms with Gasteiger partial charge in [0.25, 0.3) is 0 Å². The summed E-state index contributed by atoms with van der Waals surface area (Å²) in [5.41, 5.74) is 9.14. The zero-order valence-electron chi connectivity index (χ0n) is 11.5. The number of aryl methyl sites for hydroxylation is 1. The van der Waals surface area contributed by atoms with Crippen LogP contribution in [-0.4, -0.2) is 19.5 Å². The van der Waals surface area contributed by atoms with E-state index in [1.807, 2.05) is 19.2 Å². The highest BCUT2D eigenvalue weighted by Gasteiger charge is 2.21. The number of carbonyl (C=O) groups excluding carboxylic acids is 1. The summed E-state index contributed by atoms with van der Waals surface area (Å²) in [5, 5.41) is 6.20. The number of carbonyl (C=O) groups is 1. The minimum absolute atomic E-state index is 0.143. The summed E-state index contributed by atoms with van der Waals surface area (Å²) in [4.78, 5) is 11.9. The largest absolute Gasteiger partial charge is 0.399 e. The van der Waals surface area contributed by atoms with E-state index in [-0.39, 0.29) is 11.9 Å². The number of hydrogen-bond donors (Lipinski definition) is 3. The Labute approximate surface area is 114 Å². The van der Waals surface area contributed by atoms with E-state index in [0.29, 0.717) is 6.42 Å². The van der Waals surface area contributed by atoms with Gasteiger partial charge in [-0.1, -0.05) is 6.07 Å². The van der Waals surface area contributed by atoms with E-state index < -0.39 is 0 Å². The van der Waals surface area contributed by atoms with Crippen LogP contribution in [-0.2, 0) is 11.2 Å². The first-order chi connectivity index (χ1) is 9.20. The van der Waals surface area contributed by atoms with Crippen LogP contribution in [0.5, 0.6) is 0 Å². The number of rotatable bonds is 5. The Morgan fingerprint density at radius 1 is 1.47 bits per heavy atom. The molecular formula is C15H23N3O. The van der Waals surface area contributed by atoms with Crippen LogP contribution >= 0.6 is 0 Å². The van der Waals surface area contributed by atoms with Crippen molar-refractivity contribution in [3.63, 3.8) is 0 Å². The molecule has 1 aromatic rings. The average molecular weight is 261 g/mol. The van der Waals surface area contributed by atoms with Crippen LogP contribution in [0.2, 0.25) is 0 Å². The van der Waals surface area contributed by atoms with E-state index in [0.717, 1.165) is 37.9 Å². The number of amides is 1. The fourth-order valence-electron chi connectivity index (χ4n) is 2.68. The molecule has 0 saturated heterocycles. The quantitative estimate of drug-likeness (QED) is 0.559. The highest BCUT2D eigenvalue weighted by molar-refractivity contribution is 5.76. The molecule has 19 heavy (non-hydrogen) atoms. The fraction of sp³-hybridized carbons (Fsp3) is 0.533. The Morgan fingerprint density at radius 2 is 2.32 bits per heavy atom. The topological polar surface area (TPSA) is 67.2 Å². The highest BCUT2D eigenvalue weighted by atomic mass is 16.1. The van der Waals surface area contributed by atoms with Crippen LogP contribution in [0, 0.1) is 0 Å². The lowest BCUT2D eigenvalue weighted by atomic mass is 9.87. The second-order valence-corrected chi connectivity index (χ2v) is 5.18. The molecule has 0 saturated carbocycles. The van der Waals surface area contributed by atoms with Crippen molar-refractivity contribution in [3.8, 4) is 0 Å². The third kappa shape index (κ3) is 3.70. The Hall–Kier alpha value is -1.55. The van der Waals surface area contributed by atoms with Crippen LogP contribution < -0.4 is 16.4 Å². The summed E-state index contributed by atoms with van der Waals surface area (Å²) >= 11 is 0. The number of hydrogen-bond acceptors (Lipinski definition) is 3. The second-order valence-electron chi connectivity index (χ2n) is 5.18. The average Bonchev–Trinajstić information content (AvgIpc) is 2.39. The van der Waals surface area contributed by atoms with Gasteiger partial charge in [0.2, 0.25) is 5.91 Å². The van der Waals surface area contributed by atoms with Gasteiger partial charge in [0.05, 0.1) is 6.04 Å². The van der Waals surface area contributed by atoms with Crippen LogP contribution in [0.3, 0.4) is 0 Å². The van der Waals surface area contributed by atoms with Gasteiger partial charge in [-0.2, -0.15) is 0 Å². The Morgan fingerprint density at radius 3 is 3.11 bits per heavy atom. The SMILES string of the molecule is CNCCCC(=O)NC1CCCc2cc(N)ccc21. The molecule has 0 radical (unpaired) electrons.